The zero-order valence-corrected chi connectivity index (χ0v) is 18.1. The number of nitrogens with two attached hydrogens (primary N) is 1. The zero-order chi connectivity index (χ0) is 20.6. The van der Waals surface area contributed by atoms with Gasteiger partial charge in [-0.2, -0.15) is 0 Å². The van der Waals surface area contributed by atoms with Crippen LogP contribution in [0.1, 0.15) is 35.1 Å². The quantitative estimate of drug-likeness (QED) is 0.845. The van der Waals surface area contributed by atoms with Gasteiger partial charge in [0.25, 0.3) is 5.91 Å². The number of aromatic nitrogens is 1. The fourth-order valence-corrected chi connectivity index (χ4v) is 4.84. The summed E-state index contributed by atoms with van der Waals surface area (Å²) in [6, 6.07) is 3.96. The van der Waals surface area contributed by atoms with Crippen molar-refractivity contribution < 1.29 is 9.59 Å². The summed E-state index contributed by atoms with van der Waals surface area (Å²) in [6.45, 7) is 4.03. The van der Waals surface area contributed by atoms with Crippen molar-refractivity contribution in [2.24, 2.45) is 0 Å². The second kappa shape index (κ2) is 7.67. The molecule has 0 unspecified atom stereocenters. The van der Waals surface area contributed by atoms with E-state index >= 15 is 0 Å². The highest BCUT2D eigenvalue weighted by molar-refractivity contribution is 7.21. The lowest BCUT2D eigenvalue weighted by atomic mass is 9.78. The van der Waals surface area contributed by atoms with Crippen LogP contribution in [0.5, 0.6) is 0 Å². The summed E-state index contributed by atoms with van der Waals surface area (Å²) >= 11 is 1.34. The molecule has 2 aromatic heterocycles. The number of nitrogens with zero attached hydrogens (tertiary/aromatic N) is 4. The van der Waals surface area contributed by atoms with Crippen molar-refractivity contribution in [1.29, 1.82) is 0 Å². The van der Waals surface area contributed by atoms with E-state index in [1.54, 1.807) is 14.1 Å². The molecule has 1 aliphatic heterocycles. The molecular weight excluding hydrogens is 374 g/mol. The summed E-state index contributed by atoms with van der Waals surface area (Å²) < 4.78 is 0. The molecule has 2 N–H and O–H groups in total. The van der Waals surface area contributed by atoms with Crippen LogP contribution >= 0.6 is 11.3 Å². The Kier molecular flexibility index (Phi) is 5.63. The number of fused-ring (bicyclic) bond motifs is 1. The lowest BCUT2D eigenvalue weighted by Gasteiger charge is -2.40. The molecule has 0 aliphatic carbocycles. The Labute approximate surface area is 170 Å². The second-order valence-electron chi connectivity index (χ2n) is 8.31. The van der Waals surface area contributed by atoms with Gasteiger partial charge >= 0.3 is 0 Å². The molecule has 8 heteroatoms. The molecule has 0 bridgehead atoms. The molecule has 2 aromatic rings. The third-order valence-corrected chi connectivity index (χ3v) is 6.42. The van der Waals surface area contributed by atoms with Crippen molar-refractivity contribution in [2.45, 2.75) is 25.2 Å². The van der Waals surface area contributed by atoms with Crippen LogP contribution in [0.4, 0.5) is 5.69 Å². The summed E-state index contributed by atoms with van der Waals surface area (Å²) in [6.07, 6.45) is 1.92. The first-order valence-electron chi connectivity index (χ1n) is 9.46. The number of nitrogen functional groups attached to an aromatic ring is 1. The minimum Gasteiger partial charge on any atom is -0.397 e. The van der Waals surface area contributed by atoms with Gasteiger partial charge in [-0.05, 0) is 39.1 Å². The van der Waals surface area contributed by atoms with E-state index in [0.717, 1.165) is 35.3 Å². The SMILES string of the molecule is CN(C)CC(=O)N1CCC[C@@](C)(c2ccc3c(N)c(C(=O)N(C)C)sc3n2)C1. The zero-order valence-electron chi connectivity index (χ0n) is 17.3. The standard InChI is InChI=1S/C20H29N5O2S/c1-20(9-6-10-25(12-20)15(26)11-23(2)3)14-8-7-13-16(21)17(19(27)24(4)5)28-18(13)22-14/h7-8H,6,9-12,21H2,1-5H3/t20-/m1/s1. The van der Waals surface area contributed by atoms with Gasteiger partial charge in [-0.25, -0.2) is 4.98 Å². The minimum atomic E-state index is -0.209. The summed E-state index contributed by atoms with van der Waals surface area (Å²) in [5.74, 6) is 0.0441. The molecule has 7 nitrogen and oxygen atoms in total. The Morgan fingerprint density at radius 3 is 2.64 bits per heavy atom. The summed E-state index contributed by atoms with van der Waals surface area (Å²) in [5, 5.41) is 0.818. The number of likely N-dealkylation sites (tertiary alicyclic amines) is 1. The molecular formula is C20H29N5O2S. The van der Waals surface area contributed by atoms with Gasteiger partial charge in [0, 0.05) is 43.7 Å². The van der Waals surface area contributed by atoms with Gasteiger partial charge < -0.3 is 20.4 Å². The van der Waals surface area contributed by atoms with Crippen LogP contribution in [0.15, 0.2) is 12.1 Å². The normalized spacial score (nSPS) is 20.0. The predicted molar refractivity (Wildman–Crippen MR) is 114 cm³/mol. The van der Waals surface area contributed by atoms with E-state index in [4.69, 9.17) is 10.7 Å². The van der Waals surface area contributed by atoms with Crippen LogP contribution in [0.3, 0.4) is 0 Å². The topological polar surface area (TPSA) is 82.8 Å². The van der Waals surface area contributed by atoms with Gasteiger partial charge in [0.15, 0.2) is 0 Å². The molecule has 0 radical (unpaired) electrons. The van der Waals surface area contributed by atoms with E-state index in [2.05, 4.69) is 6.92 Å². The fraction of sp³-hybridized carbons (Fsp3) is 0.550. The van der Waals surface area contributed by atoms with E-state index in [-0.39, 0.29) is 17.2 Å². The number of pyridine rings is 1. The molecule has 28 heavy (non-hydrogen) atoms. The highest BCUT2D eigenvalue weighted by Gasteiger charge is 2.36. The second-order valence-corrected chi connectivity index (χ2v) is 9.31. The number of anilines is 1. The van der Waals surface area contributed by atoms with Crippen molar-refractivity contribution >= 4 is 39.1 Å². The third-order valence-electron chi connectivity index (χ3n) is 5.31. The molecule has 0 aromatic carbocycles. The number of hydrogen-bond acceptors (Lipinski definition) is 6. The van der Waals surface area contributed by atoms with Crippen LogP contribution in [0, 0.1) is 0 Å². The molecule has 2 amide bonds. The molecule has 0 saturated carbocycles. The Morgan fingerprint density at radius 1 is 1.29 bits per heavy atom. The largest absolute Gasteiger partial charge is 0.397 e. The average Bonchev–Trinajstić information content (AvgIpc) is 2.96. The van der Waals surface area contributed by atoms with Crippen LogP contribution in [-0.2, 0) is 10.2 Å². The molecule has 1 aliphatic rings. The molecule has 1 saturated heterocycles. The number of carbonyl (C=O) groups excluding carboxylic acids is 2. The maximum Gasteiger partial charge on any atom is 0.265 e. The summed E-state index contributed by atoms with van der Waals surface area (Å²) in [7, 11) is 7.25. The van der Waals surface area contributed by atoms with E-state index in [9.17, 15) is 9.59 Å². The van der Waals surface area contributed by atoms with E-state index in [0.29, 0.717) is 23.7 Å². The predicted octanol–water partition coefficient (Wildman–Crippen LogP) is 2.02. The molecule has 0 spiro atoms. The molecule has 3 heterocycles. The van der Waals surface area contributed by atoms with Crippen LogP contribution in [-0.4, -0.2) is 79.3 Å². The van der Waals surface area contributed by atoms with Gasteiger partial charge in [0.05, 0.1) is 12.2 Å². The lowest BCUT2D eigenvalue weighted by molar-refractivity contribution is -0.134. The van der Waals surface area contributed by atoms with Gasteiger partial charge in [-0.3, -0.25) is 9.59 Å². The van der Waals surface area contributed by atoms with Crippen LogP contribution in [0.25, 0.3) is 10.2 Å². The van der Waals surface area contributed by atoms with E-state index < -0.39 is 0 Å². The first kappa shape index (κ1) is 20.5. The van der Waals surface area contributed by atoms with Crippen molar-refractivity contribution in [3.8, 4) is 0 Å². The van der Waals surface area contributed by atoms with Crippen LogP contribution in [0.2, 0.25) is 0 Å². The van der Waals surface area contributed by atoms with E-state index in [1.807, 2.05) is 36.0 Å². The molecule has 1 atom stereocenters. The summed E-state index contributed by atoms with van der Waals surface area (Å²) in [5.41, 5.74) is 7.45. The fourth-order valence-electron chi connectivity index (χ4n) is 3.73. The highest BCUT2D eigenvalue weighted by atomic mass is 32.1. The lowest BCUT2D eigenvalue weighted by Crippen LogP contribution is -2.49. The van der Waals surface area contributed by atoms with Gasteiger partial charge in [-0.1, -0.05) is 6.92 Å². The van der Waals surface area contributed by atoms with Gasteiger partial charge in [-0.15, -0.1) is 11.3 Å². The van der Waals surface area contributed by atoms with E-state index in [1.165, 1.54) is 16.2 Å². The molecule has 152 valence electrons. The number of rotatable bonds is 4. The first-order chi connectivity index (χ1) is 13.1. The highest BCUT2D eigenvalue weighted by Crippen LogP contribution is 2.37. The number of amides is 2. The molecule has 3 rings (SSSR count). The Bertz CT molecular complexity index is 907. The van der Waals surface area contributed by atoms with Crippen LogP contribution < -0.4 is 5.73 Å². The maximum atomic E-state index is 12.5. The third kappa shape index (κ3) is 3.84. The summed E-state index contributed by atoms with van der Waals surface area (Å²) in [4.78, 5) is 36.4. The Morgan fingerprint density at radius 2 is 2.00 bits per heavy atom. The van der Waals surface area contributed by atoms with Crippen molar-refractivity contribution in [2.75, 3.05) is 53.6 Å². The average molecular weight is 404 g/mol. The number of hydrogen-bond donors (Lipinski definition) is 1. The number of thiophene rings is 1. The number of piperidine rings is 1. The Hall–Kier alpha value is -2.19. The maximum absolute atomic E-state index is 12.5. The number of carbonyl (C=O) groups is 2. The molecule has 1 fully saturated rings. The minimum absolute atomic E-state index is 0.105. The van der Waals surface area contributed by atoms with Gasteiger partial charge in [0.1, 0.15) is 9.71 Å². The number of likely N-dealkylation sites (N-methyl/N-ethyl adjacent to an activating group) is 1. The van der Waals surface area contributed by atoms with Gasteiger partial charge in [0.2, 0.25) is 5.91 Å². The smallest absolute Gasteiger partial charge is 0.265 e. The monoisotopic (exact) mass is 403 g/mol. The van der Waals surface area contributed by atoms with Crippen molar-refractivity contribution in [3.63, 3.8) is 0 Å². The Balaban J connectivity index is 1.92. The van der Waals surface area contributed by atoms with Crippen molar-refractivity contribution in [3.05, 3.63) is 22.7 Å². The van der Waals surface area contributed by atoms with Crippen molar-refractivity contribution in [1.82, 2.24) is 19.7 Å². The first-order valence-corrected chi connectivity index (χ1v) is 10.3.